The molecule has 16 heavy (non-hydrogen) atoms. The average molecular weight is 267 g/mol. The van der Waals surface area contributed by atoms with E-state index < -0.39 is 11.9 Å². The lowest BCUT2D eigenvalue weighted by Gasteiger charge is -2.09. The highest BCUT2D eigenvalue weighted by molar-refractivity contribution is 6.31. The number of hydrogen-bond acceptors (Lipinski definition) is 2. The molecule has 3 N–H and O–H groups in total. The van der Waals surface area contributed by atoms with E-state index in [1.807, 2.05) is 0 Å². The van der Waals surface area contributed by atoms with Gasteiger partial charge in [0, 0.05) is 17.1 Å². The molecule has 0 radical (unpaired) electrons. The van der Waals surface area contributed by atoms with Crippen LogP contribution >= 0.6 is 24.0 Å². The first-order valence-corrected chi connectivity index (χ1v) is 4.86. The Balaban J connectivity index is 0.00000225. The molecule has 3 nitrogen and oxygen atoms in total. The minimum atomic E-state index is -0.615. The summed E-state index contributed by atoms with van der Waals surface area (Å²) < 4.78 is 13.2. The summed E-state index contributed by atoms with van der Waals surface area (Å²) in [4.78, 5) is 11.1. The summed E-state index contributed by atoms with van der Waals surface area (Å²) >= 11 is 5.77. The van der Waals surface area contributed by atoms with Gasteiger partial charge in [-0.1, -0.05) is 17.7 Å². The Morgan fingerprint density at radius 2 is 2.25 bits per heavy atom. The third-order valence-electron chi connectivity index (χ3n) is 1.91. The lowest BCUT2D eigenvalue weighted by molar-refractivity contribution is -0.122. The monoisotopic (exact) mass is 266 g/mol. The summed E-state index contributed by atoms with van der Waals surface area (Å²) in [6.07, 6.45) is 0. The molecule has 0 fully saturated rings. The molecular weight excluding hydrogens is 254 g/mol. The molecule has 6 heteroatoms. The van der Waals surface area contributed by atoms with Crippen LogP contribution in [0.4, 0.5) is 4.39 Å². The van der Waals surface area contributed by atoms with E-state index in [1.54, 1.807) is 13.0 Å². The molecule has 1 rings (SSSR count). The van der Waals surface area contributed by atoms with Crippen LogP contribution in [0.15, 0.2) is 18.2 Å². The topological polar surface area (TPSA) is 55.1 Å². The highest BCUT2D eigenvalue weighted by atomic mass is 35.5. The molecule has 1 amide bonds. The lowest BCUT2D eigenvalue weighted by atomic mass is 10.2. The van der Waals surface area contributed by atoms with Crippen LogP contribution in [0.1, 0.15) is 12.5 Å². The van der Waals surface area contributed by atoms with Crippen molar-refractivity contribution >= 4 is 29.9 Å². The van der Waals surface area contributed by atoms with Crippen molar-refractivity contribution in [3.05, 3.63) is 34.6 Å². The maximum Gasteiger partial charge on any atom is 0.236 e. The number of benzene rings is 1. The number of rotatable bonds is 3. The predicted molar refractivity (Wildman–Crippen MR) is 64.2 cm³/mol. The first kappa shape index (κ1) is 15.2. The molecule has 0 spiro atoms. The summed E-state index contributed by atoms with van der Waals surface area (Å²) in [5, 5.41) is 2.78. The molecule has 0 heterocycles. The number of amides is 1. The van der Waals surface area contributed by atoms with E-state index in [-0.39, 0.29) is 30.4 Å². The molecule has 0 saturated carbocycles. The van der Waals surface area contributed by atoms with Crippen LogP contribution < -0.4 is 11.1 Å². The van der Waals surface area contributed by atoms with Crippen molar-refractivity contribution in [3.63, 3.8) is 0 Å². The van der Waals surface area contributed by atoms with E-state index in [1.165, 1.54) is 12.1 Å². The normalized spacial score (nSPS) is 11.5. The fourth-order valence-electron chi connectivity index (χ4n) is 1.04. The van der Waals surface area contributed by atoms with Crippen molar-refractivity contribution in [1.29, 1.82) is 0 Å². The van der Waals surface area contributed by atoms with Crippen molar-refractivity contribution in [2.45, 2.75) is 19.5 Å². The van der Waals surface area contributed by atoms with Gasteiger partial charge in [0.05, 0.1) is 6.04 Å². The van der Waals surface area contributed by atoms with Crippen molar-refractivity contribution < 1.29 is 9.18 Å². The number of carbonyl (C=O) groups is 1. The van der Waals surface area contributed by atoms with Crippen LogP contribution in [0, 0.1) is 5.82 Å². The number of carbonyl (C=O) groups excluding carboxylic acids is 1. The number of nitrogens with two attached hydrogens (primary N) is 1. The van der Waals surface area contributed by atoms with E-state index >= 15 is 0 Å². The van der Waals surface area contributed by atoms with E-state index in [0.717, 1.165) is 0 Å². The van der Waals surface area contributed by atoms with Gasteiger partial charge in [-0.15, -0.1) is 12.4 Å². The van der Waals surface area contributed by atoms with E-state index in [2.05, 4.69) is 5.32 Å². The third-order valence-corrected chi connectivity index (χ3v) is 2.27. The van der Waals surface area contributed by atoms with E-state index in [4.69, 9.17) is 17.3 Å². The molecule has 0 saturated heterocycles. The molecule has 0 bridgehead atoms. The Morgan fingerprint density at radius 3 is 2.75 bits per heavy atom. The number of nitrogens with one attached hydrogen (secondary N) is 1. The molecule has 1 aromatic rings. The molecule has 1 aromatic carbocycles. The zero-order valence-corrected chi connectivity index (χ0v) is 10.2. The summed E-state index contributed by atoms with van der Waals surface area (Å²) in [6.45, 7) is 1.60. The number of hydrogen-bond donors (Lipinski definition) is 2. The van der Waals surface area contributed by atoms with E-state index in [9.17, 15) is 9.18 Å². The highest BCUT2D eigenvalue weighted by Gasteiger charge is 2.10. The molecule has 1 atom stereocenters. The van der Waals surface area contributed by atoms with Crippen LogP contribution in [0.25, 0.3) is 0 Å². The number of halogens is 3. The van der Waals surface area contributed by atoms with Crippen LogP contribution in [0.2, 0.25) is 5.02 Å². The van der Waals surface area contributed by atoms with Crippen LogP contribution in [-0.4, -0.2) is 11.9 Å². The molecule has 0 aromatic heterocycles. The fraction of sp³-hybridized carbons (Fsp3) is 0.300. The predicted octanol–water partition coefficient (Wildman–Crippen LogP) is 1.86. The van der Waals surface area contributed by atoms with Gasteiger partial charge < -0.3 is 11.1 Å². The molecule has 0 aliphatic rings. The summed E-state index contributed by atoms with van der Waals surface area (Å²) in [6, 6.07) is 3.75. The Morgan fingerprint density at radius 1 is 1.62 bits per heavy atom. The molecule has 0 aliphatic carbocycles. The lowest BCUT2D eigenvalue weighted by Crippen LogP contribution is -2.38. The zero-order valence-electron chi connectivity index (χ0n) is 8.67. The van der Waals surface area contributed by atoms with Crippen LogP contribution in [-0.2, 0) is 11.3 Å². The molecular formula is C10H13Cl2FN2O. The quantitative estimate of drug-likeness (QED) is 0.878. The smallest absolute Gasteiger partial charge is 0.236 e. The van der Waals surface area contributed by atoms with Crippen LogP contribution in [0.5, 0.6) is 0 Å². The first-order valence-electron chi connectivity index (χ1n) is 4.48. The van der Waals surface area contributed by atoms with Gasteiger partial charge in [0.1, 0.15) is 5.82 Å². The maximum absolute atomic E-state index is 13.2. The first-order chi connectivity index (χ1) is 7.02. The second-order valence-corrected chi connectivity index (χ2v) is 3.61. The minimum Gasteiger partial charge on any atom is -0.351 e. The van der Waals surface area contributed by atoms with Gasteiger partial charge in [0.15, 0.2) is 0 Å². The van der Waals surface area contributed by atoms with Gasteiger partial charge in [-0.25, -0.2) is 4.39 Å². The molecule has 90 valence electrons. The van der Waals surface area contributed by atoms with Crippen molar-refractivity contribution in [3.8, 4) is 0 Å². The third kappa shape index (κ3) is 3.96. The van der Waals surface area contributed by atoms with Gasteiger partial charge in [-0.05, 0) is 19.1 Å². The SMILES string of the molecule is CC(N)C(=O)NCc1c(F)cccc1Cl.Cl. The Hall–Kier alpha value is -0.840. The molecule has 0 aliphatic heterocycles. The Labute approximate surface area is 105 Å². The Bertz CT molecular complexity index is 352. The average Bonchev–Trinajstić information content (AvgIpc) is 2.16. The van der Waals surface area contributed by atoms with Crippen molar-refractivity contribution in [1.82, 2.24) is 5.32 Å². The zero-order chi connectivity index (χ0) is 11.4. The summed E-state index contributed by atoms with van der Waals surface area (Å²) in [5.41, 5.74) is 5.61. The second kappa shape index (κ2) is 6.68. The van der Waals surface area contributed by atoms with Crippen molar-refractivity contribution in [2.24, 2.45) is 5.73 Å². The standard InChI is InChI=1S/C10H12ClFN2O.ClH/c1-6(13)10(15)14-5-7-8(11)3-2-4-9(7)12;/h2-4,6H,5,13H2,1H3,(H,14,15);1H. The van der Waals surface area contributed by atoms with Crippen LogP contribution in [0.3, 0.4) is 0 Å². The van der Waals surface area contributed by atoms with Gasteiger partial charge in [-0.3, -0.25) is 4.79 Å². The van der Waals surface area contributed by atoms with E-state index in [0.29, 0.717) is 5.02 Å². The molecule has 1 unspecified atom stereocenters. The summed E-state index contributed by atoms with van der Waals surface area (Å²) in [7, 11) is 0. The largest absolute Gasteiger partial charge is 0.351 e. The van der Waals surface area contributed by atoms with Gasteiger partial charge in [-0.2, -0.15) is 0 Å². The highest BCUT2D eigenvalue weighted by Crippen LogP contribution is 2.18. The maximum atomic E-state index is 13.2. The second-order valence-electron chi connectivity index (χ2n) is 3.21. The van der Waals surface area contributed by atoms with Gasteiger partial charge in [0.25, 0.3) is 0 Å². The van der Waals surface area contributed by atoms with Gasteiger partial charge in [0.2, 0.25) is 5.91 Å². The van der Waals surface area contributed by atoms with Gasteiger partial charge >= 0.3 is 0 Å². The van der Waals surface area contributed by atoms with Crippen molar-refractivity contribution in [2.75, 3.05) is 0 Å². The summed E-state index contributed by atoms with van der Waals surface area (Å²) in [5.74, 6) is -0.776. The Kier molecular flexibility index (Phi) is 6.33. The fourth-order valence-corrected chi connectivity index (χ4v) is 1.27. The minimum absolute atomic E-state index is 0.